The zero-order valence-corrected chi connectivity index (χ0v) is 16.6. The van der Waals surface area contributed by atoms with Crippen LogP contribution in [0.1, 0.15) is 16.8 Å². The third kappa shape index (κ3) is 4.60. The fraction of sp³-hybridized carbons (Fsp3) is 0.333. The Morgan fingerprint density at radius 3 is 2.72 bits per heavy atom. The van der Waals surface area contributed by atoms with Gasteiger partial charge in [0.1, 0.15) is 11.6 Å². The molecule has 1 aromatic heterocycles. The van der Waals surface area contributed by atoms with Crippen LogP contribution < -0.4 is 4.90 Å². The Morgan fingerprint density at radius 1 is 1.17 bits per heavy atom. The van der Waals surface area contributed by atoms with Gasteiger partial charge in [0.05, 0.1) is 29.0 Å². The monoisotopic (exact) mass is 417 g/mol. The zero-order valence-electron chi connectivity index (χ0n) is 15.8. The number of thiazole rings is 1. The van der Waals surface area contributed by atoms with Crippen molar-refractivity contribution in [2.75, 3.05) is 44.3 Å². The van der Waals surface area contributed by atoms with Crippen LogP contribution in [-0.2, 0) is 4.74 Å². The van der Waals surface area contributed by atoms with Crippen LogP contribution in [-0.4, -0.2) is 55.2 Å². The molecule has 2 heterocycles. The minimum absolute atomic E-state index is 0.156. The number of benzene rings is 2. The summed E-state index contributed by atoms with van der Waals surface area (Å²) in [6.45, 7) is 4.35. The molecule has 0 aliphatic carbocycles. The van der Waals surface area contributed by atoms with Gasteiger partial charge in [-0.25, -0.2) is 13.8 Å². The van der Waals surface area contributed by atoms with Crippen molar-refractivity contribution in [3.8, 4) is 0 Å². The third-order valence-electron chi connectivity index (χ3n) is 4.88. The quantitative estimate of drug-likeness (QED) is 0.610. The van der Waals surface area contributed by atoms with Crippen LogP contribution >= 0.6 is 11.3 Å². The number of para-hydroxylation sites is 1. The van der Waals surface area contributed by atoms with Gasteiger partial charge in [-0.3, -0.25) is 14.6 Å². The molecular formula is C21H21F2N3O2S. The Hall–Kier alpha value is -2.42. The number of anilines is 1. The minimum atomic E-state index is -0.866. The lowest BCUT2D eigenvalue weighted by molar-refractivity contribution is 0.0376. The molecule has 2 aromatic carbocycles. The Kier molecular flexibility index (Phi) is 6.13. The molecule has 1 saturated heterocycles. The van der Waals surface area contributed by atoms with E-state index in [0.717, 1.165) is 42.0 Å². The van der Waals surface area contributed by atoms with E-state index in [1.807, 2.05) is 24.3 Å². The van der Waals surface area contributed by atoms with Crippen LogP contribution in [0.25, 0.3) is 10.2 Å². The number of carbonyl (C=O) groups excluding carboxylic acids is 1. The fourth-order valence-electron chi connectivity index (χ4n) is 3.35. The van der Waals surface area contributed by atoms with E-state index in [1.165, 1.54) is 22.3 Å². The summed E-state index contributed by atoms with van der Waals surface area (Å²) in [4.78, 5) is 21.5. The van der Waals surface area contributed by atoms with E-state index in [9.17, 15) is 13.6 Å². The summed E-state index contributed by atoms with van der Waals surface area (Å²) in [6, 6.07) is 10.6. The van der Waals surface area contributed by atoms with Crippen LogP contribution in [0.5, 0.6) is 0 Å². The predicted octanol–water partition coefficient (Wildman–Crippen LogP) is 3.94. The Morgan fingerprint density at radius 2 is 1.97 bits per heavy atom. The summed E-state index contributed by atoms with van der Waals surface area (Å²) in [5.41, 5.74) is 0.634. The van der Waals surface area contributed by atoms with Crippen LogP contribution in [0.2, 0.25) is 0 Å². The molecule has 0 radical (unpaired) electrons. The van der Waals surface area contributed by atoms with Gasteiger partial charge >= 0.3 is 0 Å². The number of morpholine rings is 1. The molecule has 0 saturated carbocycles. The number of halogens is 2. The maximum absolute atomic E-state index is 14.3. The van der Waals surface area contributed by atoms with Gasteiger partial charge in [0.25, 0.3) is 5.91 Å². The summed E-state index contributed by atoms with van der Waals surface area (Å²) < 4.78 is 33.9. The largest absolute Gasteiger partial charge is 0.379 e. The highest BCUT2D eigenvalue weighted by Gasteiger charge is 2.24. The molecule has 0 atom stereocenters. The first-order chi connectivity index (χ1) is 14.1. The van der Waals surface area contributed by atoms with E-state index in [4.69, 9.17) is 4.74 Å². The smallest absolute Gasteiger partial charge is 0.263 e. The molecule has 152 valence electrons. The third-order valence-corrected chi connectivity index (χ3v) is 5.94. The summed E-state index contributed by atoms with van der Waals surface area (Å²) in [5.74, 6) is -2.09. The second-order valence-corrected chi connectivity index (χ2v) is 7.86. The summed E-state index contributed by atoms with van der Waals surface area (Å²) >= 11 is 1.39. The topological polar surface area (TPSA) is 45.7 Å². The molecule has 1 fully saturated rings. The minimum Gasteiger partial charge on any atom is -0.379 e. The van der Waals surface area contributed by atoms with E-state index in [2.05, 4.69) is 9.88 Å². The average Bonchev–Trinajstić information content (AvgIpc) is 3.15. The van der Waals surface area contributed by atoms with Gasteiger partial charge in [-0.1, -0.05) is 23.5 Å². The average molecular weight is 417 g/mol. The van der Waals surface area contributed by atoms with Crippen molar-refractivity contribution < 1.29 is 18.3 Å². The number of ether oxygens (including phenoxy) is 1. The zero-order chi connectivity index (χ0) is 20.2. The van der Waals surface area contributed by atoms with Crippen LogP contribution in [0.15, 0.2) is 42.5 Å². The van der Waals surface area contributed by atoms with E-state index < -0.39 is 17.5 Å². The molecule has 1 aliphatic rings. The molecule has 4 rings (SSSR count). The van der Waals surface area contributed by atoms with Crippen LogP contribution in [0, 0.1) is 11.6 Å². The molecule has 0 unspecified atom stereocenters. The van der Waals surface area contributed by atoms with Crippen molar-refractivity contribution in [1.82, 2.24) is 9.88 Å². The summed E-state index contributed by atoms with van der Waals surface area (Å²) in [5, 5.41) is 0.516. The number of amides is 1. The molecule has 3 aromatic rings. The number of fused-ring (bicyclic) bond motifs is 1. The molecule has 5 nitrogen and oxygen atoms in total. The first-order valence-corrected chi connectivity index (χ1v) is 10.4. The van der Waals surface area contributed by atoms with Crippen molar-refractivity contribution in [3.05, 3.63) is 59.7 Å². The molecule has 29 heavy (non-hydrogen) atoms. The normalized spacial score (nSPS) is 15.0. The Labute approximate surface area is 171 Å². The van der Waals surface area contributed by atoms with E-state index in [-0.39, 0.29) is 5.56 Å². The van der Waals surface area contributed by atoms with Crippen molar-refractivity contribution in [2.24, 2.45) is 0 Å². The molecule has 8 heteroatoms. The molecule has 0 bridgehead atoms. The number of hydrogen-bond acceptors (Lipinski definition) is 5. The maximum atomic E-state index is 14.3. The van der Waals surface area contributed by atoms with Crippen LogP contribution in [0.3, 0.4) is 0 Å². The van der Waals surface area contributed by atoms with Gasteiger partial charge in [-0.2, -0.15) is 0 Å². The lowest BCUT2D eigenvalue weighted by atomic mass is 10.1. The molecule has 1 aliphatic heterocycles. The number of hydrogen-bond donors (Lipinski definition) is 0. The molecule has 1 amide bonds. The van der Waals surface area contributed by atoms with Crippen molar-refractivity contribution in [2.45, 2.75) is 6.42 Å². The van der Waals surface area contributed by atoms with Gasteiger partial charge in [0, 0.05) is 32.2 Å². The van der Waals surface area contributed by atoms with Crippen molar-refractivity contribution >= 4 is 32.6 Å². The lowest BCUT2D eigenvalue weighted by Crippen LogP contribution is -2.39. The fourth-order valence-corrected chi connectivity index (χ4v) is 4.34. The van der Waals surface area contributed by atoms with E-state index >= 15 is 0 Å². The molecule has 0 N–H and O–H groups in total. The Balaban J connectivity index is 1.58. The Bertz CT molecular complexity index is 972. The summed E-state index contributed by atoms with van der Waals surface area (Å²) in [6.07, 6.45) is 0.713. The van der Waals surface area contributed by atoms with Crippen molar-refractivity contribution in [3.63, 3.8) is 0 Å². The highest BCUT2D eigenvalue weighted by molar-refractivity contribution is 7.22. The van der Waals surface area contributed by atoms with Gasteiger partial charge in [0.15, 0.2) is 5.13 Å². The number of carbonyl (C=O) groups is 1. The SMILES string of the molecule is O=C(c1ccc(F)cc1F)N(CCCN1CCOCC1)c1nc2ccccc2s1. The van der Waals surface area contributed by atoms with E-state index in [0.29, 0.717) is 31.3 Å². The second-order valence-electron chi connectivity index (χ2n) is 6.85. The first-order valence-electron chi connectivity index (χ1n) is 9.54. The van der Waals surface area contributed by atoms with Crippen molar-refractivity contribution in [1.29, 1.82) is 0 Å². The number of nitrogens with zero attached hydrogens (tertiary/aromatic N) is 3. The first kappa shape index (κ1) is 19.9. The summed E-state index contributed by atoms with van der Waals surface area (Å²) in [7, 11) is 0. The maximum Gasteiger partial charge on any atom is 0.263 e. The number of rotatable bonds is 6. The van der Waals surface area contributed by atoms with Gasteiger partial charge in [-0.15, -0.1) is 0 Å². The highest BCUT2D eigenvalue weighted by Crippen LogP contribution is 2.30. The standard InChI is InChI=1S/C21H21F2N3O2S/c22-15-6-7-16(17(23)14-15)20(27)26(9-3-8-25-10-12-28-13-11-25)21-24-18-4-1-2-5-19(18)29-21/h1-2,4-7,14H,3,8-13H2. The van der Waals surface area contributed by atoms with Gasteiger partial charge < -0.3 is 4.74 Å². The lowest BCUT2D eigenvalue weighted by Gasteiger charge is -2.27. The second kappa shape index (κ2) is 8.94. The van der Waals surface area contributed by atoms with Crippen LogP contribution in [0.4, 0.5) is 13.9 Å². The number of aromatic nitrogens is 1. The van der Waals surface area contributed by atoms with Gasteiger partial charge in [0.2, 0.25) is 0 Å². The molecule has 0 spiro atoms. The molecular weight excluding hydrogens is 396 g/mol. The van der Waals surface area contributed by atoms with Gasteiger partial charge in [-0.05, 0) is 30.7 Å². The van der Waals surface area contributed by atoms with E-state index in [1.54, 1.807) is 0 Å². The predicted molar refractivity (Wildman–Crippen MR) is 110 cm³/mol. The highest BCUT2D eigenvalue weighted by atomic mass is 32.1.